The van der Waals surface area contributed by atoms with Crippen LogP contribution in [0.1, 0.15) is 97.1 Å². The third-order valence-corrected chi connectivity index (χ3v) is 11.6. The molecule has 1 fully saturated rings. The van der Waals surface area contributed by atoms with Crippen LogP contribution < -0.4 is 4.90 Å². The minimum Gasteiger partial charge on any atom is -0.347 e. The van der Waals surface area contributed by atoms with Crippen LogP contribution in [0, 0.1) is 5.92 Å². The molecule has 1 saturated carbocycles. The van der Waals surface area contributed by atoms with Gasteiger partial charge in [0.1, 0.15) is 6.54 Å². The predicted octanol–water partition coefficient (Wildman–Crippen LogP) is 11.9. The third kappa shape index (κ3) is 5.58. The smallest absolute Gasteiger partial charge is 0.210 e. The van der Waals surface area contributed by atoms with Gasteiger partial charge in [-0.1, -0.05) is 104 Å². The second-order valence-corrected chi connectivity index (χ2v) is 15.5. The number of likely N-dealkylation sites (N-methyl/N-ethyl adjacent to an activating group) is 1. The van der Waals surface area contributed by atoms with E-state index in [1.807, 2.05) is 0 Å². The molecule has 0 amide bonds. The quantitative estimate of drug-likeness (QED) is 0.102. The van der Waals surface area contributed by atoms with Crippen LogP contribution in [0.3, 0.4) is 0 Å². The number of hydrogen-bond donors (Lipinski definition) is 0. The van der Waals surface area contributed by atoms with Crippen molar-refractivity contribution in [3.8, 4) is 0 Å². The average molecular weight is 622 g/mol. The molecule has 2 heterocycles. The van der Waals surface area contributed by atoms with Crippen molar-refractivity contribution in [2.75, 3.05) is 18.5 Å². The first-order chi connectivity index (χ1) is 22.7. The van der Waals surface area contributed by atoms with Crippen LogP contribution in [0.25, 0.3) is 21.5 Å². The molecule has 4 aromatic carbocycles. The van der Waals surface area contributed by atoms with Crippen LogP contribution in [0.5, 0.6) is 0 Å². The summed E-state index contributed by atoms with van der Waals surface area (Å²) in [5, 5.41) is 5.41. The van der Waals surface area contributed by atoms with Crippen molar-refractivity contribution in [2.45, 2.75) is 96.8 Å². The first-order valence-corrected chi connectivity index (χ1v) is 18.2. The maximum absolute atomic E-state index is 2.66. The lowest BCUT2D eigenvalue weighted by atomic mass is 9.76. The lowest BCUT2D eigenvalue weighted by Gasteiger charge is -2.28. The van der Waals surface area contributed by atoms with E-state index in [0.29, 0.717) is 0 Å². The minimum absolute atomic E-state index is 0.0945. The average Bonchev–Trinajstić information content (AvgIpc) is 3.72. The Morgan fingerprint density at radius 3 is 2.19 bits per heavy atom. The van der Waals surface area contributed by atoms with Crippen molar-refractivity contribution in [1.82, 2.24) is 0 Å². The van der Waals surface area contributed by atoms with Crippen LogP contribution in [0.2, 0.25) is 0 Å². The highest BCUT2D eigenvalue weighted by Gasteiger charge is 2.46. The summed E-state index contributed by atoms with van der Waals surface area (Å²) in [6.07, 6.45) is 20.3. The van der Waals surface area contributed by atoms with Crippen molar-refractivity contribution >= 4 is 38.6 Å². The molecule has 1 unspecified atom stereocenters. The van der Waals surface area contributed by atoms with Gasteiger partial charge in [-0.3, -0.25) is 0 Å². The number of allylic oxidation sites excluding steroid dienone is 6. The summed E-state index contributed by atoms with van der Waals surface area (Å²) in [5.74, 6) is 0.960. The maximum atomic E-state index is 2.66. The molecule has 0 radical (unpaired) electrons. The molecule has 0 saturated heterocycles. The van der Waals surface area contributed by atoms with E-state index in [-0.39, 0.29) is 10.8 Å². The van der Waals surface area contributed by atoms with E-state index in [1.54, 1.807) is 0 Å². The first-order valence-electron chi connectivity index (χ1n) is 18.2. The minimum atomic E-state index is -0.124. The Morgan fingerprint density at radius 1 is 0.830 bits per heavy atom. The first kappa shape index (κ1) is 31.7. The zero-order chi connectivity index (χ0) is 32.8. The van der Waals surface area contributed by atoms with E-state index in [1.165, 1.54) is 106 Å². The van der Waals surface area contributed by atoms with Crippen molar-refractivity contribution in [3.05, 3.63) is 119 Å². The topological polar surface area (TPSA) is 6.25 Å². The Labute approximate surface area is 283 Å². The fraction of sp³-hybridized carbons (Fsp3) is 0.400. The molecule has 1 aliphatic carbocycles. The number of hydrogen-bond acceptors (Lipinski definition) is 1. The fourth-order valence-electron chi connectivity index (χ4n) is 9.17. The number of nitrogens with zero attached hydrogens (tertiary/aromatic N) is 2. The van der Waals surface area contributed by atoms with Gasteiger partial charge < -0.3 is 4.90 Å². The van der Waals surface area contributed by atoms with Crippen LogP contribution in [-0.2, 0) is 10.8 Å². The molecule has 242 valence electrons. The lowest BCUT2D eigenvalue weighted by Crippen LogP contribution is -2.28. The monoisotopic (exact) mass is 621 g/mol. The van der Waals surface area contributed by atoms with Crippen LogP contribution in [0.15, 0.2) is 108 Å². The van der Waals surface area contributed by atoms with Gasteiger partial charge in [-0.15, -0.1) is 0 Å². The van der Waals surface area contributed by atoms with Crippen LogP contribution in [0.4, 0.5) is 11.4 Å². The summed E-state index contributed by atoms with van der Waals surface area (Å²) >= 11 is 0. The highest BCUT2D eigenvalue weighted by Crippen LogP contribution is 2.52. The molecule has 0 N–H and O–H groups in total. The largest absolute Gasteiger partial charge is 0.347 e. The molecule has 2 aliphatic heterocycles. The van der Waals surface area contributed by atoms with E-state index >= 15 is 0 Å². The summed E-state index contributed by atoms with van der Waals surface area (Å²) in [5.41, 5.74) is 9.57. The molecule has 1 atom stereocenters. The third-order valence-electron chi connectivity index (χ3n) is 11.6. The van der Waals surface area contributed by atoms with Crippen molar-refractivity contribution < 1.29 is 4.58 Å². The summed E-state index contributed by atoms with van der Waals surface area (Å²) in [4.78, 5) is 2.44. The van der Waals surface area contributed by atoms with E-state index in [2.05, 4.69) is 148 Å². The molecule has 7 rings (SSSR count). The van der Waals surface area contributed by atoms with Gasteiger partial charge in [0.05, 0.1) is 5.41 Å². The van der Waals surface area contributed by atoms with E-state index in [9.17, 15) is 0 Å². The van der Waals surface area contributed by atoms with Gasteiger partial charge in [0.2, 0.25) is 5.69 Å². The molecule has 3 aliphatic rings. The molecule has 0 bridgehead atoms. The predicted molar refractivity (Wildman–Crippen MR) is 204 cm³/mol. The molecule has 2 nitrogen and oxygen atoms in total. The van der Waals surface area contributed by atoms with Gasteiger partial charge in [-0.2, -0.15) is 4.58 Å². The maximum Gasteiger partial charge on any atom is 0.210 e. The number of unbranched alkanes of at least 4 members (excludes halogenated alkanes) is 1. The van der Waals surface area contributed by atoms with E-state index < -0.39 is 0 Å². The zero-order valence-electron chi connectivity index (χ0n) is 29.6. The summed E-state index contributed by atoms with van der Waals surface area (Å²) in [7, 11) is 2.26. The zero-order valence-corrected chi connectivity index (χ0v) is 29.6. The Hall–Kier alpha value is -3.91. The summed E-state index contributed by atoms with van der Waals surface area (Å²) in [6, 6.07) is 27.2. The molecular weight excluding hydrogens is 569 g/mol. The van der Waals surface area contributed by atoms with Crippen LogP contribution in [-0.4, -0.2) is 23.9 Å². The van der Waals surface area contributed by atoms with Gasteiger partial charge in [-0.25, -0.2) is 0 Å². The van der Waals surface area contributed by atoms with E-state index in [0.717, 1.165) is 18.9 Å². The normalized spacial score (nSPS) is 21.5. The van der Waals surface area contributed by atoms with Gasteiger partial charge in [-0.05, 0) is 98.7 Å². The standard InChI is InChI=1S/C45H53N2/c1-32(2)29-30-45(5)41(46(6)38-27-25-35-20-10-12-22-37(35)43(38)45)24-15-23-40-44(3,4)42-36-21-11-9-19-34(36)26-28-39(42)47(40)31-14-13-18-33-16-7-8-17-33/h9-12,15,19-29,33H,7-8,13-14,16-18,30-31H2,1-6H3/q+1. The van der Waals surface area contributed by atoms with Gasteiger partial charge in [0, 0.05) is 48.0 Å². The van der Waals surface area contributed by atoms with Gasteiger partial charge in [0.15, 0.2) is 5.71 Å². The number of benzene rings is 4. The van der Waals surface area contributed by atoms with Crippen molar-refractivity contribution in [3.63, 3.8) is 0 Å². The summed E-state index contributed by atoms with van der Waals surface area (Å²) < 4.78 is 2.66. The highest BCUT2D eigenvalue weighted by molar-refractivity contribution is 6.07. The Bertz CT molecular complexity index is 1940. The van der Waals surface area contributed by atoms with E-state index in [4.69, 9.17) is 0 Å². The molecule has 4 aromatic rings. The lowest BCUT2D eigenvalue weighted by molar-refractivity contribution is -0.438. The SMILES string of the molecule is CC(C)=CCC1(C)/C(=C\C=C\C2=[N+](CCCCC3CCCC3)c3ccc4ccccc4c3C2(C)C)N(C)c2ccc3ccccc3c21. The fourth-order valence-corrected chi connectivity index (χ4v) is 9.17. The Morgan fingerprint density at radius 2 is 1.49 bits per heavy atom. The highest BCUT2D eigenvalue weighted by atomic mass is 15.2. The number of anilines is 1. The summed E-state index contributed by atoms with van der Waals surface area (Å²) in [6.45, 7) is 12.8. The van der Waals surface area contributed by atoms with Crippen molar-refractivity contribution in [1.29, 1.82) is 0 Å². The Balaban J connectivity index is 1.28. The molecule has 47 heavy (non-hydrogen) atoms. The second-order valence-electron chi connectivity index (χ2n) is 15.5. The van der Waals surface area contributed by atoms with Gasteiger partial charge in [0.25, 0.3) is 0 Å². The second kappa shape index (κ2) is 12.6. The molecule has 2 heteroatoms. The number of fused-ring (bicyclic) bond motifs is 6. The van der Waals surface area contributed by atoms with Gasteiger partial charge >= 0.3 is 0 Å². The molecule has 0 aromatic heterocycles. The molecule has 0 spiro atoms. The number of rotatable bonds is 9. The Kier molecular flexibility index (Phi) is 8.49. The van der Waals surface area contributed by atoms with Crippen LogP contribution >= 0.6 is 0 Å². The molecular formula is C45H53N2+. The van der Waals surface area contributed by atoms with Crippen molar-refractivity contribution in [2.24, 2.45) is 5.92 Å².